The van der Waals surface area contributed by atoms with Gasteiger partial charge in [-0.15, -0.1) is 0 Å². The van der Waals surface area contributed by atoms with Gasteiger partial charge < -0.3 is 40.5 Å². The summed E-state index contributed by atoms with van der Waals surface area (Å²) in [6.07, 6.45) is -0.239. The maximum atomic E-state index is 11.0. The number of hydrogen-bond acceptors (Lipinski definition) is 13. The maximum absolute atomic E-state index is 11.0. The number of fused-ring (bicyclic) bond motifs is 1. The summed E-state index contributed by atoms with van der Waals surface area (Å²) in [5.41, 5.74) is -1.29. The molecular weight excluding hydrogens is 402 g/mol. The van der Waals surface area contributed by atoms with Crippen LogP contribution >= 0.6 is 0 Å². The summed E-state index contributed by atoms with van der Waals surface area (Å²) in [5, 5.41) is 92.2. The third-order valence-corrected chi connectivity index (χ3v) is 5.05. The highest BCUT2D eigenvalue weighted by Gasteiger charge is 2.71. The van der Waals surface area contributed by atoms with Crippen LogP contribution in [0.4, 0.5) is 0 Å². The Kier molecular flexibility index (Phi) is 4.70. The molecule has 2 aliphatic rings. The summed E-state index contributed by atoms with van der Waals surface area (Å²) in [6, 6.07) is 4.29. The van der Waals surface area contributed by atoms with Crippen LogP contribution in [0.25, 0.3) is 0 Å². The fraction of sp³-hybridized carbons (Fsp3) is 0.471. The summed E-state index contributed by atoms with van der Waals surface area (Å²) in [5.74, 6) is -12.7. The molecule has 1 aromatic carbocycles. The average Bonchev–Trinajstić information content (AvgIpc) is 2.63. The monoisotopic (exact) mass is 421 g/mol. The second-order valence-corrected chi connectivity index (χ2v) is 7.44. The Morgan fingerprint density at radius 3 is 2.33 bits per heavy atom. The maximum Gasteiger partial charge on any atom is 0.332 e. The molecule has 13 nitrogen and oxygen atoms in total. The van der Waals surface area contributed by atoms with Gasteiger partial charge in [0, 0.05) is 5.56 Å². The number of aliphatic hydroxyl groups excluding tert-OH is 1. The lowest BCUT2D eigenvalue weighted by Crippen LogP contribution is -2.80. The van der Waals surface area contributed by atoms with E-state index in [1.165, 1.54) is 38.2 Å². The number of nitrogens with one attached hydrogen (secondary N) is 1. The number of hydrogen-bond donors (Lipinski definition) is 8. The van der Waals surface area contributed by atoms with Crippen molar-refractivity contribution in [2.75, 3.05) is 0 Å². The third-order valence-electron chi connectivity index (χ3n) is 5.05. The molecule has 2 heterocycles. The fourth-order valence-corrected chi connectivity index (χ4v) is 3.40. The highest BCUT2D eigenvalue weighted by Crippen LogP contribution is 2.48. The topological polar surface area (TPSA) is 226 Å². The smallest absolute Gasteiger partial charge is 0.332 e. The molecule has 0 amide bonds. The lowest BCUT2D eigenvalue weighted by Gasteiger charge is -2.55. The predicted molar refractivity (Wildman–Crippen MR) is 94.1 cm³/mol. The first-order chi connectivity index (χ1) is 13.7. The van der Waals surface area contributed by atoms with E-state index in [-0.39, 0.29) is 21.8 Å². The quantitative estimate of drug-likeness (QED) is 0.128. The van der Waals surface area contributed by atoms with Crippen molar-refractivity contribution >= 4 is 5.96 Å². The minimum atomic E-state index is -4.10. The molecule has 0 bridgehead atoms. The third kappa shape index (κ3) is 2.85. The molecule has 160 valence electrons. The summed E-state index contributed by atoms with van der Waals surface area (Å²) < 4.78 is 5.71. The Labute approximate surface area is 169 Å². The van der Waals surface area contributed by atoms with Gasteiger partial charge in [-0.1, -0.05) is 0 Å². The van der Waals surface area contributed by atoms with E-state index in [0.29, 0.717) is 0 Å². The van der Waals surface area contributed by atoms with Crippen molar-refractivity contribution in [3.8, 4) is 18.0 Å². The Hall–Kier alpha value is -3.01. The molecule has 8 N–H and O–H groups in total. The molecule has 1 aromatic rings. The number of ether oxygens (including phenoxy) is 1. The first kappa shape index (κ1) is 21.7. The summed E-state index contributed by atoms with van der Waals surface area (Å²) in [4.78, 5) is 3.48. The number of aliphatic imine (C=N–C) groups is 1. The van der Waals surface area contributed by atoms with E-state index in [0.717, 1.165) is 0 Å². The number of nitriles is 2. The van der Waals surface area contributed by atoms with Gasteiger partial charge in [0.1, 0.15) is 17.5 Å². The minimum absolute atomic E-state index is 0.0000283. The Morgan fingerprint density at radius 2 is 1.77 bits per heavy atom. The zero-order valence-corrected chi connectivity index (χ0v) is 15.7. The lowest BCUT2D eigenvalue weighted by molar-refractivity contribution is -0.487. The SMILES string of the molecule is CC1(C)Oc2ccc(C#N)cc2[C@@H](N2C(NC#N)=NC(O)(O)C(O)(O)C2(O)O)[C@@H]1O. The van der Waals surface area contributed by atoms with Gasteiger partial charge in [0.05, 0.1) is 17.7 Å². The van der Waals surface area contributed by atoms with Crippen LogP contribution in [0, 0.1) is 22.8 Å². The second-order valence-electron chi connectivity index (χ2n) is 7.44. The summed E-state index contributed by atoms with van der Waals surface area (Å²) >= 11 is 0. The molecule has 0 aliphatic carbocycles. The van der Waals surface area contributed by atoms with Crippen molar-refractivity contribution in [3.63, 3.8) is 0 Å². The molecule has 0 unspecified atom stereocenters. The van der Waals surface area contributed by atoms with Crippen molar-refractivity contribution in [1.82, 2.24) is 10.2 Å². The number of guanidine groups is 1. The van der Waals surface area contributed by atoms with Gasteiger partial charge in [-0.3, -0.25) is 10.2 Å². The van der Waals surface area contributed by atoms with Gasteiger partial charge in [0.15, 0.2) is 6.19 Å². The molecule has 0 spiro atoms. The van der Waals surface area contributed by atoms with Crippen LogP contribution in [0.2, 0.25) is 0 Å². The first-order valence-electron chi connectivity index (χ1n) is 8.51. The van der Waals surface area contributed by atoms with Crippen LogP contribution in [-0.2, 0) is 0 Å². The van der Waals surface area contributed by atoms with Crippen molar-refractivity contribution in [2.24, 2.45) is 4.99 Å². The summed E-state index contributed by atoms with van der Waals surface area (Å²) in [7, 11) is 0. The minimum Gasteiger partial charge on any atom is -0.485 e. The van der Waals surface area contributed by atoms with Crippen LogP contribution < -0.4 is 10.1 Å². The Balaban J connectivity index is 2.33. The lowest BCUT2D eigenvalue weighted by atomic mass is 9.83. The van der Waals surface area contributed by atoms with E-state index >= 15 is 0 Å². The molecular formula is C17H19N5O8. The van der Waals surface area contributed by atoms with Gasteiger partial charge in [-0.25, -0.2) is 0 Å². The molecule has 2 aliphatic heterocycles. The Bertz CT molecular complexity index is 991. The first-order valence-corrected chi connectivity index (χ1v) is 8.51. The summed E-state index contributed by atoms with van der Waals surface area (Å²) in [6.45, 7) is 2.91. The highest BCUT2D eigenvalue weighted by molar-refractivity contribution is 5.84. The van der Waals surface area contributed by atoms with Crippen LogP contribution in [0.3, 0.4) is 0 Å². The van der Waals surface area contributed by atoms with E-state index in [1.54, 1.807) is 0 Å². The average molecular weight is 421 g/mol. The Morgan fingerprint density at radius 1 is 1.13 bits per heavy atom. The fourth-order valence-electron chi connectivity index (χ4n) is 3.40. The second kappa shape index (κ2) is 6.49. The van der Waals surface area contributed by atoms with Crippen LogP contribution in [0.5, 0.6) is 5.75 Å². The zero-order valence-electron chi connectivity index (χ0n) is 15.7. The van der Waals surface area contributed by atoms with Crippen LogP contribution in [0.15, 0.2) is 23.2 Å². The molecule has 0 radical (unpaired) electrons. The number of benzene rings is 1. The number of aliphatic hydroxyl groups is 7. The van der Waals surface area contributed by atoms with E-state index in [4.69, 9.17) is 10.00 Å². The van der Waals surface area contributed by atoms with E-state index in [2.05, 4.69) is 4.99 Å². The molecule has 3 rings (SSSR count). The van der Waals surface area contributed by atoms with Crippen molar-refractivity contribution in [1.29, 1.82) is 10.5 Å². The number of rotatable bonds is 1. The normalized spacial score (nSPS) is 27.6. The molecule has 30 heavy (non-hydrogen) atoms. The molecule has 0 saturated heterocycles. The van der Waals surface area contributed by atoms with Gasteiger partial charge in [0.2, 0.25) is 5.96 Å². The van der Waals surface area contributed by atoms with Crippen molar-refractivity contribution in [3.05, 3.63) is 29.3 Å². The predicted octanol–water partition coefficient (Wildman–Crippen LogP) is -3.17. The van der Waals surface area contributed by atoms with Crippen LogP contribution in [0.1, 0.15) is 31.0 Å². The zero-order chi connectivity index (χ0) is 22.7. The molecule has 0 aromatic heterocycles. The molecule has 2 atom stereocenters. The van der Waals surface area contributed by atoms with Crippen molar-refractivity contribution < 1.29 is 40.5 Å². The largest absolute Gasteiger partial charge is 0.485 e. The van der Waals surface area contributed by atoms with Gasteiger partial charge in [-0.2, -0.15) is 15.5 Å². The standard InChI is InChI=1S/C17H19N5O8/c1-14(2)12(23)11(9-5-8(6-18)3-4-10(9)30-14)22-13(20-7-19)21-16(26,27)15(24,25)17(22,28)29/h3-5,11-12,23-29H,1-2H3,(H,20,21)/t11-,12+/m1/s1. The van der Waals surface area contributed by atoms with E-state index in [9.17, 15) is 41.0 Å². The number of nitrogens with zero attached hydrogens (tertiary/aromatic N) is 4. The van der Waals surface area contributed by atoms with E-state index in [1.807, 2.05) is 11.4 Å². The van der Waals surface area contributed by atoms with Crippen molar-refractivity contribution in [2.45, 2.75) is 49.2 Å². The van der Waals surface area contributed by atoms with E-state index < -0.39 is 41.3 Å². The molecule has 0 fully saturated rings. The van der Waals surface area contributed by atoms with Gasteiger partial charge in [0.25, 0.3) is 0 Å². The van der Waals surface area contributed by atoms with Gasteiger partial charge >= 0.3 is 17.6 Å². The molecule has 0 saturated carbocycles. The van der Waals surface area contributed by atoms with Gasteiger partial charge in [-0.05, 0) is 32.0 Å². The molecule has 13 heteroatoms. The van der Waals surface area contributed by atoms with Crippen LogP contribution in [-0.4, -0.2) is 75.9 Å². The highest BCUT2D eigenvalue weighted by atomic mass is 16.7.